The highest BCUT2D eigenvalue weighted by molar-refractivity contribution is 7.14. The number of aromatic hydroxyl groups is 1. The van der Waals surface area contributed by atoms with Gasteiger partial charge in [0.25, 0.3) is 0 Å². The van der Waals surface area contributed by atoms with Crippen molar-refractivity contribution in [2.75, 3.05) is 5.43 Å². The molecule has 0 atom stereocenters. The second-order valence-electron chi connectivity index (χ2n) is 5.62. The zero-order valence-electron chi connectivity index (χ0n) is 14.0. The Balaban J connectivity index is 1.81. The summed E-state index contributed by atoms with van der Waals surface area (Å²) in [7, 11) is 0. The van der Waals surface area contributed by atoms with Crippen LogP contribution in [0.2, 0.25) is 0 Å². The van der Waals surface area contributed by atoms with E-state index in [1.54, 1.807) is 13.8 Å². The van der Waals surface area contributed by atoms with Gasteiger partial charge < -0.3 is 9.52 Å². The Morgan fingerprint density at radius 1 is 1.28 bits per heavy atom. The first-order chi connectivity index (χ1) is 11.9. The molecule has 0 radical (unpaired) electrons. The molecule has 0 unspecified atom stereocenters. The third-order valence-corrected chi connectivity index (χ3v) is 4.33. The van der Waals surface area contributed by atoms with E-state index in [4.69, 9.17) is 4.42 Å². The van der Waals surface area contributed by atoms with E-state index in [-0.39, 0.29) is 11.3 Å². The molecule has 0 spiro atoms. The van der Waals surface area contributed by atoms with Crippen LogP contribution >= 0.6 is 11.3 Å². The summed E-state index contributed by atoms with van der Waals surface area (Å²) in [5.74, 6) is 0.186. The molecule has 3 aromatic rings. The lowest BCUT2D eigenvalue weighted by molar-refractivity contribution is 0.432. The molecule has 0 aliphatic carbocycles. The average molecular weight is 355 g/mol. The number of nitrogens with one attached hydrogen (secondary N) is 1. The number of aromatic nitrogens is 1. The number of hydrazone groups is 1. The third kappa shape index (κ3) is 3.77. The summed E-state index contributed by atoms with van der Waals surface area (Å²) in [5.41, 5.74) is 5.60. The van der Waals surface area contributed by atoms with Crippen LogP contribution in [0.25, 0.3) is 11.3 Å². The number of aryl methyl sites for hydroxylation is 2. The van der Waals surface area contributed by atoms with Crippen LogP contribution in [0.5, 0.6) is 5.75 Å². The van der Waals surface area contributed by atoms with Crippen LogP contribution in [0.4, 0.5) is 5.13 Å². The predicted octanol–water partition coefficient (Wildman–Crippen LogP) is 3.92. The summed E-state index contributed by atoms with van der Waals surface area (Å²) < 4.78 is 5.00. The van der Waals surface area contributed by atoms with Crippen LogP contribution in [0.1, 0.15) is 23.8 Å². The molecule has 0 aliphatic heterocycles. The Kier molecular flexibility index (Phi) is 4.67. The molecule has 0 saturated heterocycles. The fraction of sp³-hybridized carbons (Fsp3) is 0.167. The quantitative estimate of drug-likeness (QED) is 0.547. The number of anilines is 1. The fourth-order valence-electron chi connectivity index (χ4n) is 2.30. The van der Waals surface area contributed by atoms with Gasteiger partial charge in [0.15, 0.2) is 0 Å². The molecular weight excluding hydrogens is 338 g/mol. The summed E-state index contributed by atoms with van der Waals surface area (Å²) >= 11 is 1.40. The lowest BCUT2D eigenvalue weighted by atomic mass is 10.1. The maximum atomic E-state index is 11.9. The molecule has 128 valence electrons. The van der Waals surface area contributed by atoms with E-state index in [1.165, 1.54) is 23.0 Å². The van der Waals surface area contributed by atoms with Gasteiger partial charge >= 0.3 is 5.63 Å². The third-order valence-electron chi connectivity index (χ3n) is 3.59. The largest absolute Gasteiger partial charge is 0.507 e. The van der Waals surface area contributed by atoms with E-state index in [2.05, 4.69) is 15.5 Å². The Morgan fingerprint density at radius 2 is 2.00 bits per heavy atom. The second-order valence-corrected chi connectivity index (χ2v) is 6.48. The standard InChI is InChI=1S/C18H17N3O3S/c1-10-4-6-13(7-5-10)14-9-25-18(19-14)21-20-12(3)16-15(22)8-11(2)24-17(16)23/h4-9,22H,1-3H3,(H,19,21)/b20-12+. The topological polar surface area (TPSA) is 87.7 Å². The van der Waals surface area contributed by atoms with E-state index in [1.807, 2.05) is 36.6 Å². The number of benzene rings is 1. The van der Waals surface area contributed by atoms with Gasteiger partial charge in [0.2, 0.25) is 5.13 Å². The minimum Gasteiger partial charge on any atom is -0.507 e. The van der Waals surface area contributed by atoms with Crippen molar-refractivity contribution >= 4 is 22.2 Å². The molecular formula is C18H17N3O3S. The molecule has 2 N–H and O–H groups in total. The first kappa shape index (κ1) is 16.9. The number of thiazole rings is 1. The molecule has 1 aromatic carbocycles. The van der Waals surface area contributed by atoms with Crippen LogP contribution in [-0.4, -0.2) is 15.8 Å². The summed E-state index contributed by atoms with van der Waals surface area (Å²) in [5, 5.41) is 16.6. The van der Waals surface area contributed by atoms with Gasteiger partial charge in [-0.3, -0.25) is 5.43 Å². The SMILES string of the molecule is C/C(=N\Nc1nc(-c2ccc(C)cc2)cs1)c1c(O)cc(C)oc1=O. The number of rotatable bonds is 4. The summed E-state index contributed by atoms with van der Waals surface area (Å²) in [6.45, 7) is 5.24. The van der Waals surface area contributed by atoms with Crippen LogP contribution in [0, 0.1) is 13.8 Å². The molecule has 0 saturated carbocycles. The minimum absolute atomic E-state index is 0.0356. The van der Waals surface area contributed by atoms with Crippen LogP contribution < -0.4 is 11.1 Å². The molecule has 6 nitrogen and oxygen atoms in total. The van der Waals surface area contributed by atoms with Crippen molar-refractivity contribution in [1.82, 2.24) is 4.98 Å². The van der Waals surface area contributed by atoms with Gasteiger partial charge in [0.1, 0.15) is 17.1 Å². The van der Waals surface area contributed by atoms with E-state index >= 15 is 0 Å². The lowest BCUT2D eigenvalue weighted by Crippen LogP contribution is -2.14. The summed E-state index contributed by atoms with van der Waals surface area (Å²) in [4.78, 5) is 16.4. The maximum Gasteiger partial charge on any atom is 0.348 e. The van der Waals surface area contributed by atoms with Crippen molar-refractivity contribution in [1.29, 1.82) is 0 Å². The van der Waals surface area contributed by atoms with Crippen molar-refractivity contribution in [3.8, 4) is 17.0 Å². The monoisotopic (exact) mass is 355 g/mol. The molecule has 0 amide bonds. The van der Waals surface area contributed by atoms with Crippen molar-refractivity contribution in [2.45, 2.75) is 20.8 Å². The normalized spacial score (nSPS) is 11.6. The number of hydrogen-bond acceptors (Lipinski definition) is 7. The number of hydrogen-bond donors (Lipinski definition) is 2. The predicted molar refractivity (Wildman–Crippen MR) is 99.5 cm³/mol. The first-order valence-corrected chi connectivity index (χ1v) is 8.49. The second kappa shape index (κ2) is 6.90. The van der Waals surface area contributed by atoms with E-state index in [0.29, 0.717) is 16.6 Å². The van der Waals surface area contributed by atoms with Gasteiger partial charge in [0.05, 0.1) is 11.4 Å². The van der Waals surface area contributed by atoms with Gasteiger partial charge in [-0.1, -0.05) is 29.8 Å². The lowest BCUT2D eigenvalue weighted by Gasteiger charge is -2.03. The molecule has 0 fully saturated rings. The highest BCUT2D eigenvalue weighted by atomic mass is 32.1. The molecule has 0 bridgehead atoms. The zero-order valence-corrected chi connectivity index (χ0v) is 14.8. The van der Waals surface area contributed by atoms with Crippen LogP contribution in [-0.2, 0) is 0 Å². The number of nitrogens with zero attached hydrogens (tertiary/aromatic N) is 2. The van der Waals surface area contributed by atoms with Crippen molar-refractivity contribution < 1.29 is 9.52 Å². The van der Waals surface area contributed by atoms with E-state index < -0.39 is 5.63 Å². The van der Waals surface area contributed by atoms with Gasteiger partial charge in [0, 0.05) is 17.0 Å². The Hall–Kier alpha value is -2.93. The Morgan fingerprint density at radius 3 is 2.68 bits per heavy atom. The summed E-state index contributed by atoms with van der Waals surface area (Å²) in [6.07, 6.45) is 0. The van der Waals surface area contributed by atoms with E-state index in [9.17, 15) is 9.90 Å². The van der Waals surface area contributed by atoms with E-state index in [0.717, 1.165) is 11.3 Å². The molecule has 7 heteroatoms. The van der Waals surface area contributed by atoms with Gasteiger partial charge in [-0.2, -0.15) is 5.10 Å². The Bertz CT molecular complexity index is 988. The van der Waals surface area contributed by atoms with Gasteiger partial charge in [-0.15, -0.1) is 11.3 Å². The van der Waals surface area contributed by atoms with Crippen molar-refractivity contribution in [3.05, 3.63) is 63.0 Å². The minimum atomic E-state index is -0.625. The Labute approximate surface area is 148 Å². The molecule has 25 heavy (non-hydrogen) atoms. The van der Waals surface area contributed by atoms with Crippen LogP contribution in [0.3, 0.4) is 0 Å². The highest BCUT2D eigenvalue weighted by Crippen LogP contribution is 2.25. The van der Waals surface area contributed by atoms with Gasteiger partial charge in [-0.25, -0.2) is 9.78 Å². The van der Waals surface area contributed by atoms with Gasteiger partial charge in [-0.05, 0) is 20.8 Å². The first-order valence-electron chi connectivity index (χ1n) is 7.61. The molecule has 3 rings (SSSR count). The van der Waals surface area contributed by atoms with Crippen molar-refractivity contribution in [2.24, 2.45) is 5.10 Å². The average Bonchev–Trinajstić information content (AvgIpc) is 3.01. The highest BCUT2D eigenvalue weighted by Gasteiger charge is 2.13. The summed E-state index contributed by atoms with van der Waals surface area (Å²) in [6, 6.07) is 9.47. The van der Waals surface area contributed by atoms with Crippen LogP contribution in [0.15, 0.2) is 50.0 Å². The van der Waals surface area contributed by atoms with Crippen molar-refractivity contribution in [3.63, 3.8) is 0 Å². The molecule has 0 aliphatic rings. The fourth-order valence-corrected chi connectivity index (χ4v) is 2.96. The zero-order chi connectivity index (χ0) is 18.0. The smallest absolute Gasteiger partial charge is 0.348 e. The molecule has 2 heterocycles. The molecule has 2 aromatic heterocycles. The maximum absolute atomic E-state index is 11.9.